The average Bonchev–Trinajstić information content (AvgIpc) is 3.43. The van der Waals surface area contributed by atoms with Gasteiger partial charge in [-0.15, -0.1) is 0 Å². The van der Waals surface area contributed by atoms with Crippen LogP contribution in [0.15, 0.2) is 16.7 Å². The van der Waals surface area contributed by atoms with E-state index in [2.05, 4.69) is 5.16 Å². The van der Waals surface area contributed by atoms with Crippen LogP contribution in [0.3, 0.4) is 0 Å². The molecule has 3 atom stereocenters. The van der Waals surface area contributed by atoms with E-state index < -0.39 is 11.4 Å². The van der Waals surface area contributed by atoms with Gasteiger partial charge in [0, 0.05) is 29.1 Å². The second-order valence-electron chi connectivity index (χ2n) is 10.6. The summed E-state index contributed by atoms with van der Waals surface area (Å²) < 4.78 is 31.4. The fraction of sp³-hybridized carbons (Fsp3) is 0.600. The van der Waals surface area contributed by atoms with Crippen LogP contribution in [0.2, 0.25) is 10.0 Å². The Morgan fingerprint density at radius 3 is 2.32 bits per heavy atom. The van der Waals surface area contributed by atoms with E-state index in [0.717, 1.165) is 49.8 Å². The molecule has 0 N–H and O–H groups in total. The lowest BCUT2D eigenvalue weighted by molar-refractivity contribution is -0.0398. The number of hydrogen-bond acceptors (Lipinski definition) is 5. The third-order valence-electron chi connectivity index (χ3n) is 6.77. The molecule has 6 nitrogen and oxygen atoms in total. The van der Waals surface area contributed by atoms with Crippen molar-refractivity contribution >= 4 is 29.3 Å². The Morgan fingerprint density at radius 2 is 1.76 bits per heavy atom. The van der Waals surface area contributed by atoms with E-state index >= 15 is 0 Å². The number of nitrogens with zero attached hydrogens (tertiary/aromatic N) is 2. The summed E-state index contributed by atoms with van der Waals surface area (Å²) >= 11 is 12.7. The molecule has 9 heteroatoms. The Balaban J connectivity index is 1.32. The normalized spacial score (nSPS) is 24.5. The molecule has 1 aromatic heterocycles. The fourth-order valence-electron chi connectivity index (χ4n) is 5.17. The molecule has 184 valence electrons. The van der Waals surface area contributed by atoms with Gasteiger partial charge in [0.2, 0.25) is 0 Å². The highest BCUT2D eigenvalue weighted by molar-refractivity contribution is 6.39. The highest BCUT2D eigenvalue weighted by atomic mass is 35.5. The van der Waals surface area contributed by atoms with Gasteiger partial charge in [-0.3, -0.25) is 0 Å². The van der Waals surface area contributed by atoms with Crippen LogP contribution in [0, 0.1) is 5.82 Å². The molecule has 0 spiro atoms. The van der Waals surface area contributed by atoms with Gasteiger partial charge in [0.1, 0.15) is 22.9 Å². The number of benzene rings is 1. The molecular formula is C25H29Cl2FN2O4. The minimum atomic E-state index is -0.517. The summed E-state index contributed by atoms with van der Waals surface area (Å²) in [6, 6.07) is 2.68. The van der Waals surface area contributed by atoms with Crippen LogP contribution in [0.1, 0.15) is 76.5 Å². The Morgan fingerprint density at radius 1 is 1.15 bits per heavy atom. The summed E-state index contributed by atoms with van der Waals surface area (Å²) in [7, 11) is 0. The molecule has 3 heterocycles. The summed E-state index contributed by atoms with van der Waals surface area (Å²) in [6.07, 6.45) is 5.25. The van der Waals surface area contributed by atoms with Crippen molar-refractivity contribution in [3.8, 4) is 11.3 Å². The van der Waals surface area contributed by atoms with E-state index in [9.17, 15) is 9.18 Å². The number of halogens is 3. The Hall–Kier alpha value is -1.83. The Bertz CT molecular complexity index is 1060. The standard InChI is InChI=1S/C25H29Cl2FN2O4/c1-25(2,3)33-24(31)30-15-6-7-16(30)11-17(10-15)32-12-18-22(29-34-23(18)13-4-5-13)21-19(26)8-14(28)9-20(21)27/h8-9,13,15-17H,4-7,10-12H2,1-3H3/t15-,16+,17?. The first-order chi connectivity index (χ1) is 16.1. The monoisotopic (exact) mass is 510 g/mol. The molecule has 3 fully saturated rings. The minimum absolute atomic E-state index is 0.00477. The minimum Gasteiger partial charge on any atom is -0.444 e. The number of piperidine rings is 1. The molecular weight excluding hydrogens is 482 g/mol. The van der Waals surface area contributed by atoms with Crippen LogP contribution in [0.4, 0.5) is 9.18 Å². The zero-order chi connectivity index (χ0) is 24.2. The van der Waals surface area contributed by atoms with Gasteiger partial charge in [-0.1, -0.05) is 28.4 Å². The highest BCUT2D eigenvalue weighted by Crippen LogP contribution is 2.47. The fourth-order valence-corrected chi connectivity index (χ4v) is 5.81. The average molecular weight is 511 g/mol. The predicted octanol–water partition coefficient (Wildman–Crippen LogP) is 7.11. The molecule has 34 heavy (non-hydrogen) atoms. The van der Waals surface area contributed by atoms with Gasteiger partial charge in [0.05, 0.1) is 22.8 Å². The van der Waals surface area contributed by atoms with Crippen LogP contribution in [0.5, 0.6) is 0 Å². The van der Waals surface area contributed by atoms with Crippen molar-refractivity contribution in [2.45, 2.75) is 95.6 Å². The van der Waals surface area contributed by atoms with Gasteiger partial charge >= 0.3 is 6.09 Å². The van der Waals surface area contributed by atoms with Gasteiger partial charge in [-0.2, -0.15) is 0 Å². The molecule has 1 aromatic carbocycles. The molecule has 1 saturated carbocycles. The molecule has 0 radical (unpaired) electrons. The van der Waals surface area contributed by atoms with E-state index in [1.165, 1.54) is 12.1 Å². The van der Waals surface area contributed by atoms with Gasteiger partial charge in [-0.25, -0.2) is 9.18 Å². The summed E-state index contributed by atoms with van der Waals surface area (Å²) in [5.41, 5.74) is 1.26. The van der Waals surface area contributed by atoms with Crippen LogP contribution >= 0.6 is 23.2 Å². The first-order valence-corrected chi connectivity index (χ1v) is 12.6. The first-order valence-electron chi connectivity index (χ1n) is 11.9. The molecule has 1 aliphatic carbocycles. The van der Waals surface area contributed by atoms with E-state index in [1.807, 2.05) is 25.7 Å². The van der Waals surface area contributed by atoms with Crippen molar-refractivity contribution in [1.29, 1.82) is 0 Å². The van der Waals surface area contributed by atoms with E-state index in [-0.39, 0.29) is 34.3 Å². The summed E-state index contributed by atoms with van der Waals surface area (Å²) in [5, 5.41) is 4.63. The van der Waals surface area contributed by atoms with E-state index in [4.69, 9.17) is 37.2 Å². The van der Waals surface area contributed by atoms with Crippen molar-refractivity contribution in [2.24, 2.45) is 0 Å². The molecule has 2 aliphatic heterocycles. The molecule has 5 rings (SSSR count). The molecule has 3 aliphatic rings. The lowest BCUT2D eigenvalue weighted by Crippen LogP contribution is -2.50. The quantitative estimate of drug-likeness (QED) is 0.428. The van der Waals surface area contributed by atoms with Gasteiger partial charge < -0.3 is 18.9 Å². The number of carbonyl (C=O) groups is 1. The molecule has 1 unspecified atom stereocenters. The maximum Gasteiger partial charge on any atom is 0.410 e. The first kappa shape index (κ1) is 23.9. The highest BCUT2D eigenvalue weighted by Gasteiger charge is 2.45. The third kappa shape index (κ3) is 4.79. The van der Waals surface area contributed by atoms with Crippen LogP contribution in [-0.2, 0) is 16.1 Å². The maximum absolute atomic E-state index is 13.7. The Kier molecular flexibility index (Phi) is 6.32. The predicted molar refractivity (Wildman–Crippen MR) is 127 cm³/mol. The van der Waals surface area contributed by atoms with Crippen molar-refractivity contribution in [3.05, 3.63) is 39.3 Å². The van der Waals surface area contributed by atoms with Gasteiger partial charge in [0.15, 0.2) is 0 Å². The number of carbonyl (C=O) groups excluding carboxylic acids is 1. The smallest absolute Gasteiger partial charge is 0.410 e. The third-order valence-corrected chi connectivity index (χ3v) is 7.36. The largest absolute Gasteiger partial charge is 0.444 e. The Labute approximate surface area is 208 Å². The van der Waals surface area contributed by atoms with Gasteiger partial charge in [0.25, 0.3) is 0 Å². The van der Waals surface area contributed by atoms with Crippen molar-refractivity contribution in [1.82, 2.24) is 10.1 Å². The van der Waals surface area contributed by atoms with E-state index in [1.54, 1.807) is 0 Å². The van der Waals surface area contributed by atoms with Gasteiger partial charge in [-0.05, 0) is 71.4 Å². The topological polar surface area (TPSA) is 64.8 Å². The van der Waals surface area contributed by atoms with Crippen molar-refractivity contribution in [2.75, 3.05) is 0 Å². The van der Waals surface area contributed by atoms with E-state index in [0.29, 0.717) is 23.8 Å². The number of hydrogen-bond donors (Lipinski definition) is 0. The number of fused-ring (bicyclic) bond motifs is 2. The summed E-state index contributed by atoms with van der Waals surface area (Å²) in [5.74, 6) is 0.596. The number of rotatable bonds is 5. The maximum atomic E-state index is 13.7. The van der Waals surface area contributed by atoms with Crippen LogP contribution in [-0.4, -0.2) is 39.9 Å². The second kappa shape index (κ2) is 8.99. The molecule has 2 saturated heterocycles. The SMILES string of the molecule is CC(C)(C)OC(=O)N1[C@@H]2CC[C@H]1CC(OCc1c(-c3c(Cl)cc(F)cc3Cl)noc1C1CC1)C2. The molecule has 2 aromatic rings. The number of aromatic nitrogens is 1. The zero-order valence-corrected chi connectivity index (χ0v) is 21.1. The van der Waals surface area contributed by atoms with Crippen molar-refractivity contribution < 1.29 is 23.2 Å². The lowest BCUT2D eigenvalue weighted by Gasteiger charge is -2.39. The number of amides is 1. The summed E-state index contributed by atoms with van der Waals surface area (Å²) in [4.78, 5) is 14.6. The lowest BCUT2D eigenvalue weighted by atomic mass is 9.99. The molecule has 2 bridgehead atoms. The number of ether oxygens (including phenoxy) is 2. The molecule has 1 amide bonds. The van der Waals surface area contributed by atoms with Crippen LogP contribution < -0.4 is 0 Å². The summed E-state index contributed by atoms with van der Waals surface area (Å²) in [6.45, 7) is 5.95. The second-order valence-corrected chi connectivity index (χ2v) is 11.4. The van der Waals surface area contributed by atoms with Crippen LogP contribution in [0.25, 0.3) is 11.3 Å². The van der Waals surface area contributed by atoms with Crippen molar-refractivity contribution in [3.63, 3.8) is 0 Å². The zero-order valence-electron chi connectivity index (χ0n) is 19.6.